The van der Waals surface area contributed by atoms with Crippen molar-refractivity contribution in [3.8, 4) is 5.75 Å². The van der Waals surface area contributed by atoms with E-state index in [0.717, 1.165) is 81.9 Å². The van der Waals surface area contributed by atoms with Crippen LogP contribution in [0.3, 0.4) is 0 Å². The lowest BCUT2D eigenvalue weighted by Crippen LogP contribution is -2.46. The highest BCUT2D eigenvalue weighted by molar-refractivity contribution is 7.17. The van der Waals surface area contributed by atoms with Gasteiger partial charge in [-0.05, 0) is 79.4 Å². The summed E-state index contributed by atoms with van der Waals surface area (Å²) < 4.78 is 13.0. The van der Waals surface area contributed by atoms with E-state index < -0.39 is 0 Å². The van der Waals surface area contributed by atoms with Crippen molar-refractivity contribution >= 4 is 38.0 Å². The minimum atomic E-state index is -0.0952. The quantitative estimate of drug-likeness (QED) is 0.257. The fourth-order valence-electron chi connectivity index (χ4n) is 4.82. The van der Waals surface area contributed by atoms with Crippen molar-refractivity contribution in [2.24, 2.45) is 0 Å². The Morgan fingerprint density at radius 3 is 2.56 bits per heavy atom. The topological polar surface area (TPSA) is 57.8 Å². The van der Waals surface area contributed by atoms with E-state index >= 15 is 0 Å². The first kappa shape index (κ1) is 24.8. The van der Waals surface area contributed by atoms with Gasteiger partial charge in [0.25, 0.3) is 0 Å². The summed E-state index contributed by atoms with van der Waals surface area (Å²) >= 11 is 1.82. The zero-order valence-electron chi connectivity index (χ0n) is 20.8. The molecule has 1 aliphatic rings. The standard InChI is InChI=1S/C29H35N3O3S/c33-29-11-9-23-8-10-24(22-26(23)30-29)35-20-4-3-19-34-18-2-1-13-31-14-16-32(17-15-31)27-6-5-7-28-25(27)12-21-36-28/h5-12,21-22H,1-4,13-20H2,(H,30,33). The molecule has 0 amide bonds. The normalized spacial score (nSPS) is 14.6. The highest BCUT2D eigenvalue weighted by atomic mass is 32.1. The van der Waals surface area contributed by atoms with E-state index in [1.807, 2.05) is 35.6 Å². The van der Waals surface area contributed by atoms with E-state index in [-0.39, 0.29) is 5.56 Å². The molecule has 0 spiro atoms. The number of hydrogen-bond donors (Lipinski definition) is 1. The average Bonchev–Trinajstić information content (AvgIpc) is 3.39. The van der Waals surface area contributed by atoms with E-state index in [1.165, 1.54) is 28.3 Å². The molecule has 0 saturated carbocycles. The second-order valence-electron chi connectivity index (χ2n) is 9.38. The molecule has 4 aromatic rings. The van der Waals surface area contributed by atoms with Gasteiger partial charge in [-0.25, -0.2) is 0 Å². The summed E-state index contributed by atoms with van der Waals surface area (Å²) in [7, 11) is 0. The molecular formula is C29H35N3O3S. The van der Waals surface area contributed by atoms with E-state index in [2.05, 4.69) is 44.4 Å². The van der Waals surface area contributed by atoms with Crippen LogP contribution >= 0.6 is 11.3 Å². The molecule has 1 aliphatic heterocycles. The lowest BCUT2D eigenvalue weighted by atomic mass is 10.2. The van der Waals surface area contributed by atoms with Gasteiger partial charge in [0.05, 0.1) is 12.1 Å². The molecule has 0 bridgehead atoms. The number of rotatable bonds is 12. The van der Waals surface area contributed by atoms with Gasteiger partial charge in [0.2, 0.25) is 5.56 Å². The van der Waals surface area contributed by atoms with Crippen molar-refractivity contribution < 1.29 is 9.47 Å². The number of piperazine rings is 1. The van der Waals surface area contributed by atoms with E-state index in [9.17, 15) is 4.79 Å². The number of aromatic nitrogens is 1. The zero-order valence-corrected chi connectivity index (χ0v) is 21.6. The lowest BCUT2D eigenvalue weighted by molar-refractivity contribution is 0.119. The van der Waals surface area contributed by atoms with Crippen LogP contribution in [0.4, 0.5) is 5.69 Å². The molecule has 7 heteroatoms. The van der Waals surface area contributed by atoms with Crippen LogP contribution in [0.2, 0.25) is 0 Å². The van der Waals surface area contributed by atoms with Crippen LogP contribution in [0.5, 0.6) is 5.75 Å². The molecule has 190 valence electrons. The molecule has 0 unspecified atom stereocenters. The summed E-state index contributed by atoms with van der Waals surface area (Å²) in [4.78, 5) is 19.4. The highest BCUT2D eigenvalue weighted by Gasteiger charge is 2.18. The van der Waals surface area contributed by atoms with Gasteiger partial charge in [0.1, 0.15) is 5.75 Å². The third kappa shape index (κ3) is 6.46. The van der Waals surface area contributed by atoms with Gasteiger partial charge in [-0.1, -0.05) is 6.07 Å². The van der Waals surface area contributed by atoms with Crippen LogP contribution < -0.4 is 15.2 Å². The number of aromatic amines is 1. The first-order chi connectivity index (χ1) is 17.8. The van der Waals surface area contributed by atoms with Gasteiger partial charge >= 0.3 is 0 Å². The van der Waals surface area contributed by atoms with Crippen molar-refractivity contribution in [2.75, 3.05) is 57.4 Å². The summed E-state index contributed by atoms with van der Waals surface area (Å²) in [6.07, 6.45) is 4.24. The Hall–Kier alpha value is -2.87. The van der Waals surface area contributed by atoms with Crippen LogP contribution in [0.1, 0.15) is 25.7 Å². The van der Waals surface area contributed by atoms with E-state index in [1.54, 1.807) is 0 Å². The number of hydrogen-bond acceptors (Lipinski definition) is 6. The molecular weight excluding hydrogens is 470 g/mol. The number of nitrogens with one attached hydrogen (secondary N) is 1. The summed E-state index contributed by atoms with van der Waals surface area (Å²) in [5.41, 5.74) is 2.10. The Bertz CT molecular complexity index is 1310. The molecule has 36 heavy (non-hydrogen) atoms. The zero-order chi connectivity index (χ0) is 24.6. The van der Waals surface area contributed by atoms with Crippen molar-refractivity contribution in [3.05, 3.63) is 70.3 Å². The smallest absolute Gasteiger partial charge is 0.248 e. The van der Waals surface area contributed by atoms with E-state index in [4.69, 9.17) is 9.47 Å². The highest BCUT2D eigenvalue weighted by Crippen LogP contribution is 2.31. The van der Waals surface area contributed by atoms with E-state index in [0.29, 0.717) is 6.61 Å². The number of anilines is 1. The van der Waals surface area contributed by atoms with Gasteiger partial charge in [-0.2, -0.15) is 0 Å². The maximum absolute atomic E-state index is 11.5. The van der Waals surface area contributed by atoms with Crippen LogP contribution in [0.15, 0.2) is 64.8 Å². The van der Waals surface area contributed by atoms with Gasteiger partial charge < -0.3 is 19.4 Å². The molecule has 1 saturated heterocycles. The Balaban J connectivity index is 0.895. The lowest BCUT2D eigenvalue weighted by Gasteiger charge is -2.36. The van der Waals surface area contributed by atoms with Crippen molar-refractivity contribution in [1.29, 1.82) is 0 Å². The van der Waals surface area contributed by atoms with Gasteiger partial charge in [-0.15, -0.1) is 11.3 Å². The molecule has 2 aromatic heterocycles. The van der Waals surface area contributed by atoms with Crippen LogP contribution in [-0.4, -0.2) is 62.4 Å². The maximum atomic E-state index is 11.5. The number of thiophene rings is 1. The van der Waals surface area contributed by atoms with Crippen molar-refractivity contribution in [1.82, 2.24) is 9.88 Å². The number of unbranched alkanes of at least 4 members (excludes halogenated alkanes) is 2. The number of ether oxygens (including phenoxy) is 2. The number of pyridine rings is 1. The van der Waals surface area contributed by atoms with Gasteiger partial charge in [-0.3, -0.25) is 9.69 Å². The second kappa shape index (κ2) is 12.4. The number of nitrogens with zero attached hydrogens (tertiary/aromatic N) is 2. The average molecular weight is 506 g/mol. The SMILES string of the molecule is O=c1ccc2ccc(OCCCCOCCCCN3CCN(c4cccc5sccc45)CC3)cc2[nH]1. The summed E-state index contributed by atoms with van der Waals surface area (Å²) in [5.74, 6) is 0.787. The monoisotopic (exact) mass is 505 g/mol. The Labute approximate surface area is 216 Å². The number of H-pyrrole nitrogens is 1. The third-order valence-corrected chi connectivity index (χ3v) is 7.73. The second-order valence-corrected chi connectivity index (χ2v) is 10.3. The molecule has 6 nitrogen and oxygen atoms in total. The largest absolute Gasteiger partial charge is 0.494 e. The summed E-state index contributed by atoms with van der Waals surface area (Å²) in [6.45, 7) is 7.89. The number of fused-ring (bicyclic) bond motifs is 2. The summed E-state index contributed by atoms with van der Waals surface area (Å²) in [5, 5.41) is 4.59. The Kier molecular flexibility index (Phi) is 8.54. The predicted molar refractivity (Wildman–Crippen MR) is 150 cm³/mol. The summed E-state index contributed by atoms with van der Waals surface area (Å²) in [6, 6.07) is 18.1. The number of benzene rings is 2. The minimum Gasteiger partial charge on any atom is -0.494 e. The predicted octanol–water partition coefficient (Wildman–Crippen LogP) is 5.52. The molecule has 0 atom stereocenters. The molecule has 0 radical (unpaired) electrons. The third-order valence-electron chi connectivity index (χ3n) is 6.85. The first-order valence-corrected chi connectivity index (χ1v) is 13.9. The van der Waals surface area contributed by atoms with Crippen molar-refractivity contribution in [2.45, 2.75) is 25.7 Å². The molecule has 0 aliphatic carbocycles. The fourth-order valence-corrected chi connectivity index (χ4v) is 5.63. The molecule has 5 rings (SSSR count). The Morgan fingerprint density at radius 2 is 1.67 bits per heavy atom. The first-order valence-electron chi connectivity index (χ1n) is 13.0. The molecule has 1 fully saturated rings. The fraction of sp³-hybridized carbons (Fsp3) is 0.414. The van der Waals surface area contributed by atoms with Crippen LogP contribution in [0.25, 0.3) is 21.0 Å². The van der Waals surface area contributed by atoms with Crippen molar-refractivity contribution in [3.63, 3.8) is 0 Å². The minimum absolute atomic E-state index is 0.0952. The molecule has 3 heterocycles. The van der Waals surface area contributed by atoms with Gasteiger partial charge in [0.15, 0.2) is 0 Å². The van der Waals surface area contributed by atoms with Crippen LogP contribution in [-0.2, 0) is 4.74 Å². The molecule has 1 N–H and O–H groups in total. The van der Waals surface area contributed by atoms with Gasteiger partial charge in [0, 0.05) is 67.3 Å². The molecule has 2 aromatic carbocycles. The maximum Gasteiger partial charge on any atom is 0.248 e. The Morgan fingerprint density at radius 1 is 0.861 bits per heavy atom. The van der Waals surface area contributed by atoms with Crippen LogP contribution in [0, 0.1) is 0 Å².